The number of carbonyl (C=O) groups is 1. The molecule has 23 heavy (non-hydrogen) atoms. The van der Waals surface area contributed by atoms with Gasteiger partial charge in [0, 0.05) is 24.4 Å². The molecule has 0 bridgehead atoms. The predicted octanol–water partition coefficient (Wildman–Crippen LogP) is 2.64. The summed E-state index contributed by atoms with van der Waals surface area (Å²) in [7, 11) is 1.85. The first-order valence-electron chi connectivity index (χ1n) is 8.07. The van der Waals surface area contributed by atoms with Crippen molar-refractivity contribution in [1.29, 1.82) is 0 Å². The second-order valence-electron chi connectivity index (χ2n) is 6.38. The van der Waals surface area contributed by atoms with Gasteiger partial charge in [0.1, 0.15) is 0 Å². The third-order valence-electron chi connectivity index (χ3n) is 5.13. The lowest BCUT2D eigenvalue weighted by molar-refractivity contribution is 0.0413. The number of aryl methyl sites for hydroxylation is 1. The second-order valence-corrected chi connectivity index (χ2v) is 6.38. The van der Waals surface area contributed by atoms with Gasteiger partial charge < -0.3 is 4.74 Å². The topological polar surface area (TPSA) is 47.4 Å². The number of rotatable bonds is 3. The molecule has 1 aromatic heterocycles. The second kappa shape index (κ2) is 6.49. The van der Waals surface area contributed by atoms with Gasteiger partial charge in [-0.05, 0) is 38.4 Å². The highest BCUT2D eigenvalue weighted by Gasteiger charge is 2.37. The van der Waals surface area contributed by atoms with E-state index in [1.807, 2.05) is 31.3 Å². The highest BCUT2D eigenvalue weighted by atomic mass is 35.5. The predicted molar refractivity (Wildman–Crippen MR) is 90.9 cm³/mol. The molecule has 0 amide bonds. The van der Waals surface area contributed by atoms with Gasteiger partial charge in [-0.1, -0.05) is 18.2 Å². The average Bonchev–Trinajstić information content (AvgIpc) is 3.21. The molecule has 2 saturated heterocycles. The molecule has 6 heteroatoms. The van der Waals surface area contributed by atoms with E-state index in [1.165, 1.54) is 19.4 Å². The Morgan fingerprint density at radius 1 is 1.30 bits per heavy atom. The van der Waals surface area contributed by atoms with Gasteiger partial charge in [-0.3, -0.25) is 9.58 Å². The highest BCUT2D eigenvalue weighted by Crippen LogP contribution is 2.33. The SMILES string of the molecule is Cl.Cn1nc(C(=O)OC[C@@H]2CCN3CCC[C@@H]23)c2ccccc21. The van der Waals surface area contributed by atoms with Crippen molar-refractivity contribution in [2.24, 2.45) is 13.0 Å². The van der Waals surface area contributed by atoms with E-state index in [-0.39, 0.29) is 18.4 Å². The van der Waals surface area contributed by atoms with E-state index >= 15 is 0 Å². The van der Waals surface area contributed by atoms with Crippen molar-refractivity contribution in [2.45, 2.75) is 25.3 Å². The standard InChI is InChI=1S/C17H21N3O2.ClH/c1-19-15-6-3-2-5-13(15)16(18-19)17(21)22-11-12-8-10-20-9-4-7-14(12)20;/h2-3,5-6,12,14H,4,7-11H2,1H3;1H/t12-,14-;/m0./s1. The van der Waals surface area contributed by atoms with Crippen LogP contribution in [0.4, 0.5) is 0 Å². The Kier molecular flexibility index (Phi) is 4.60. The van der Waals surface area contributed by atoms with E-state index < -0.39 is 0 Å². The minimum Gasteiger partial charge on any atom is -0.461 e. The first-order valence-corrected chi connectivity index (χ1v) is 8.07. The van der Waals surface area contributed by atoms with Crippen LogP contribution in [0.2, 0.25) is 0 Å². The molecule has 0 N–H and O–H groups in total. The zero-order valence-electron chi connectivity index (χ0n) is 13.3. The first-order chi connectivity index (χ1) is 10.7. The molecule has 2 aliphatic rings. The molecule has 2 aromatic rings. The van der Waals surface area contributed by atoms with E-state index in [4.69, 9.17) is 4.74 Å². The van der Waals surface area contributed by atoms with Gasteiger partial charge in [-0.2, -0.15) is 5.10 Å². The number of esters is 1. The van der Waals surface area contributed by atoms with Crippen molar-refractivity contribution in [3.05, 3.63) is 30.0 Å². The first kappa shape index (κ1) is 16.3. The summed E-state index contributed by atoms with van der Waals surface area (Å²) in [6, 6.07) is 8.38. The maximum atomic E-state index is 12.4. The number of fused-ring (bicyclic) bond motifs is 2. The Morgan fingerprint density at radius 2 is 2.13 bits per heavy atom. The van der Waals surface area contributed by atoms with Crippen LogP contribution in [0.1, 0.15) is 29.8 Å². The summed E-state index contributed by atoms with van der Waals surface area (Å²) in [4.78, 5) is 14.9. The van der Waals surface area contributed by atoms with Crippen molar-refractivity contribution in [1.82, 2.24) is 14.7 Å². The fraction of sp³-hybridized carbons (Fsp3) is 0.529. The summed E-state index contributed by atoms with van der Waals surface area (Å²) in [5.74, 6) is 0.190. The molecule has 0 saturated carbocycles. The number of nitrogens with zero attached hydrogens (tertiary/aromatic N) is 3. The Labute approximate surface area is 142 Å². The molecule has 2 aliphatic heterocycles. The van der Waals surface area contributed by atoms with E-state index in [9.17, 15) is 4.79 Å². The maximum Gasteiger partial charge on any atom is 0.359 e. The van der Waals surface area contributed by atoms with Crippen LogP contribution in [0.5, 0.6) is 0 Å². The lowest BCUT2D eigenvalue weighted by atomic mass is 9.99. The Balaban J connectivity index is 0.00000156. The average molecular weight is 336 g/mol. The van der Waals surface area contributed by atoms with Gasteiger partial charge in [-0.25, -0.2) is 4.79 Å². The third-order valence-corrected chi connectivity index (χ3v) is 5.13. The van der Waals surface area contributed by atoms with Gasteiger partial charge in [0.25, 0.3) is 0 Å². The summed E-state index contributed by atoms with van der Waals surface area (Å²) < 4.78 is 7.34. The molecule has 5 nitrogen and oxygen atoms in total. The molecule has 0 unspecified atom stereocenters. The molecule has 0 spiro atoms. The monoisotopic (exact) mass is 335 g/mol. The Hall–Kier alpha value is -1.59. The highest BCUT2D eigenvalue weighted by molar-refractivity contribution is 6.02. The van der Waals surface area contributed by atoms with E-state index in [1.54, 1.807) is 4.68 Å². The van der Waals surface area contributed by atoms with Crippen molar-refractivity contribution < 1.29 is 9.53 Å². The number of aromatic nitrogens is 2. The number of halogens is 1. The molecule has 0 radical (unpaired) electrons. The fourth-order valence-electron chi connectivity index (χ4n) is 4.00. The summed E-state index contributed by atoms with van der Waals surface area (Å²) in [6.07, 6.45) is 3.66. The minimum absolute atomic E-state index is 0. The molecule has 0 aliphatic carbocycles. The van der Waals surface area contributed by atoms with Crippen LogP contribution in [0, 0.1) is 5.92 Å². The van der Waals surface area contributed by atoms with Crippen LogP contribution in [0.3, 0.4) is 0 Å². The van der Waals surface area contributed by atoms with Gasteiger partial charge in [0.15, 0.2) is 5.69 Å². The summed E-state index contributed by atoms with van der Waals surface area (Å²) in [6.45, 7) is 2.88. The number of ether oxygens (including phenoxy) is 1. The molecule has 124 valence electrons. The molecular formula is C17H22ClN3O2. The van der Waals surface area contributed by atoms with Crippen LogP contribution in [-0.4, -0.2) is 46.4 Å². The number of hydrogen-bond donors (Lipinski definition) is 0. The molecule has 1 aromatic carbocycles. The van der Waals surface area contributed by atoms with Gasteiger partial charge in [-0.15, -0.1) is 12.4 Å². The van der Waals surface area contributed by atoms with Gasteiger partial charge >= 0.3 is 5.97 Å². The van der Waals surface area contributed by atoms with E-state index in [0.717, 1.165) is 23.9 Å². The maximum absolute atomic E-state index is 12.4. The van der Waals surface area contributed by atoms with E-state index in [2.05, 4.69) is 10.00 Å². The van der Waals surface area contributed by atoms with Crippen molar-refractivity contribution in [3.8, 4) is 0 Å². The number of para-hydroxylation sites is 1. The molecule has 2 atom stereocenters. The fourth-order valence-corrected chi connectivity index (χ4v) is 4.00. The molecule has 3 heterocycles. The summed E-state index contributed by atoms with van der Waals surface area (Å²) in [5.41, 5.74) is 1.39. The molecular weight excluding hydrogens is 314 g/mol. The Morgan fingerprint density at radius 3 is 3.00 bits per heavy atom. The number of carbonyl (C=O) groups excluding carboxylic acids is 1. The number of benzene rings is 1. The molecule has 4 rings (SSSR count). The smallest absolute Gasteiger partial charge is 0.359 e. The lowest BCUT2D eigenvalue weighted by Crippen LogP contribution is -2.28. The Bertz CT molecular complexity index is 715. The van der Waals surface area contributed by atoms with Crippen LogP contribution in [-0.2, 0) is 11.8 Å². The lowest BCUT2D eigenvalue weighted by Gasteiger charge is -2.19. The van der Waals surface area contributed by atoms with Gasteiger partial charge in [0.2, 0.25) is 0 Å². The van der Waals surface area contributed by atoms with Crippen LogP contribution in [0.15, 0.2) is 24.3 Å². The zero-order chi connectivity index (χ0) is 15.1. The van der Waals surface area contributed by atoms with Gasteiger partial charge in [0.05, 0.1) is 12.1 Å². The minimum atomic E-state index is -0.298. The van der Waals surface area contributed by atoms with Crippen LogP contribution >= 0.6 is 12.4 Å². The number of hydrogen-bond acceptors (Lipinski definition) is 4. The van der Waals surface area contributed by atoms with Crippen LogP contribution < -0.4 is 0 Å². The van der Waals surface area contributed by atoms with Crippen LogP contribution in [0.25, 0.3) is 10.9 Å². The zero-order valence-corrected chi connectivity index (χ0v) is 14.1. The summed E-state index contributed by atoms with van der Waals surface area (Å²) in [5, 5.41) is 5.20. The largest absolute Gasteiger partial charge is 0.461 e. The quantitative estimate of drug-likeness (QED) is 0.809. The third kappa shape index (κ3) is 2.83. The summed E-state index contributed by atoms with van der Waals surface area (Å²) >= 11 is 0. The van der Waals surface area contributed by atoms with Crippen molar-refractivity contribution in [2.75, 3.05) is 19.7 Å². The van der Waals surface area contributed by atoms with Crippen molar-refractivity contribution >= 4 is 29.3 Å². The van der Waals surface area contributed by atoms with Crippen molar-refractivity contribution in [3.63, 3.8) is 0 Å². The normalized spacial score (nSPS) is 23.7. The molecule has 2 fully saturated rings. The van der Waals surface area contributed by atoms with E-state index in [0.29, 0.717) is 24.3 Å².